The van der Waals surface area contributed by atoms with E-state index in [4.69, 9.17) is 0 Å². The first-order chi connectivity index (χ1) is 11.0. The second-order valence-corrected chi connectivity index (χ2v) is 7.70. The fraction of sp³-hybridized carbons (Fsp3) is 0.125. The first kappa shape index (κ1) is 15.6. The molecule has 7 heteroatoms. The molecule has 0 atom stereocenters. The van der Waals surface area contributed by atoms with E-state index in [1.165, 1.54) is 11.3 Å². The summed E-state index contributed by atoms with van der Waals surface area (Å²) in [6, 6.07) is 10.6. The molecule has 0 bridgehead atoms. The first-order valence-electron chi connectivity index (χ1n) is 6.93. The lowest BCUT2D eigenvalue weighted by atomic mass is 10.2. The van der Waals surface area contributed by atoms with E-state index < -0.39 is 10.0 Å². The number of thiazole rings is 1. The topological polar surface area (TPSA) is 72.0 Å². The Bertz CT molecular complexity index is 935. The van der Waals surface area contributed by atoms with Crippen LogP contribution in [-0.4, -0.2) is 18.4 Å². The summed E-state index contributed by atoms with van der Waals surface area (Å²) in [4.78, 5) is 9.58. The van der Waals surface area contributed by atoms with Gasteiger partial charge in [0.1, 0.15) is 0 Å². The minimum Gasteiger partial charge on any atom is -0.264 e. The fourth-order valence-corrected chi connectivity index (χ4v) is 4.67. The summed E-state index contributed by atoms with van der Waals surface area (Å²) >= 11 is 1.30. The molecular formula is C16H15N3O2S2. The highest BCUT2D eigenvalue weighted by molar-refractivity contribution is 7.93. The molecule has 3 aromatic rings. The number of aromatic nitrogens is 2. The average molecular weight is 345 g/mol. The lowest BCUT2D eigenvalue weighted by Gasteiger charge is -2.07. The minimum atomic E-state index is -3.65. The normalized spacial score (nSPS) is 11.4. The molecule has 5 nitrogen and oxygen atoms in total. The molecular weight excluding hydrogens is 330 g/mol. The van der Waals surface area contributed by atoms with Crippen LogP contribution in [0.3, 0.4) is 0 Å². The van der Waals surface area contributed by atoms with Crippen LogP contribution in [0.1, 0.15) is 11.3 Å². The van der Waals surface area contributed by atoms with Crippen LogP contribution in [0.5, 0.6) is 0 Å². The molecule has 2 heterocycles. The van der Waals surface area contributed by atoms with Gasteiger partial charge in [0, 0.05) is 18.0 Å². The number of nitrogens with zero attached hydrogens (tertiary/aromatic N) is 2. The fourth-order valence-electron chi connectivity index (χ4n) is 2.23. The lowest BCUT2D eigenvalue weighted by Crippen LogP contribution is -2.13. The highest BCUT2D eigenvalue weighted by atomic mass is 32.2. The number of rotatable bonds is 4. The van der Waals surface area contributed by atoms with Gasteiger partial charge in [-0.05, 0) is 31.5 Å². The number of hydrogen-bond acceptors (Lipinski definition) is 5. The number of aryl methyl sites for hydroxylation is 2. The summed E-state index contributed by atoms with van der Waals surface area (Å²) < 4.78 is 27.6. The van der Waals surface area contributed by atoms with E-state index in [0.717, 1.165) is 16.1 Å². The Labute approximate surface area is 139 Å². The maximum atomic E-state index is 12.5. The summed E-state index contributed by atoms with van der Waals surface area (Å²) in [6.45, 7) is 3.62. The summed E-state index contributed by atoms with van der Waals surface area (Å²) in [5.74, 6) is 0. The van der Waals surface area contributed by atoms with Crippen LogP contribution in [0.15, 0.2) is 53.7 Å². The standard InChI is InChI=1S/C16H15N3O2S2/c1-11-6-3-4-8-14(11)23(20,21)19-16-18-12(2)15(22-16)13-7-5-9-17-10-13/h3-10H,1-2H3,(H,18,19). The van der Waals surface area contributed by atoms with Gasteiger partial charge in [0.2, 0.25) is 0 Å². The molecule has 1 N–H and O–H groups in total. The van der Waals surface area contributed by atoms with Crippen LogP contribution in [0, 0.1) is 13.8 Å². The number of benzene rings is 1. The van der Waals surface area contributed by atoms with Gasteiger partial charge >= 0.3 is 0 Å². The number of anilines is 1. The second kappa shape index (κ2) is 6.10. The number of sulfonamides is 1. The van der Waals surface area contributed by atoms with E-state index in [1.807, 2.05) is 25.1 Å². The highest BCUT2D eigenvalue weighted by Gasteiger charge is 2.19. The first-order valence-corrected chi connectivity index (χ1v) is 9.23. The third kappa shape index (κ3) is 3.25. The maximum absolute atomic E-state index is 12.5. The van der Waals surface area contributed by atoms with Crippen molar-refractivity contribution in [3.63, 3.8) is 0 Å². The van der Waals surface area contributed by atoms with Crippen LogP contribution in [-0.2, 0) is 10.0 Å². The minimum absolute atomic E-state index is 0.260. The molecule has 0 amide bonds. The van der Waals surface area contributed by atoms with Crippen molar-refractivity contribution in [1.82, 2.24) is 9.97 Å². The van der Waals surface area contributed by atoms with Crippen LogP contribution in [0.25, 0.3) is 10.4 Å². The summed E-state index contributed by atoms with van der Waals surface area (Å²) in [6.07, 6.45) is 3.43. The van der Waals surface area contributed by atoms with Crippen molar-refractivity contribution in [3.8, 4) is 10.4 Å². The van der Waals surface area contributed by atoms with Crippen molar-refractivity contribution in [3.05, 3.63) is 60.0 Å². The summed E-state index contributed by atoms with van der Waals surface area (Å²) in [5.41, 5.74) is 2.38. The van der Waals surface area contributed by atoms with Crippen molar-refractivity contribution in [2.75, 3.05) is 4.72 Å². The Balaban J connectivity index is 1.94. The zero-order valence-corrected chi connectivity index (χ0v) is 14.3. The van der Waals surface area contributed by atoms with Crippen LogP contribution in [0.4, 0.5) is 5.13 Å². The van der Waals surface area contributed by atoms with E-state index in [1.54, 1.807) is 37.5 Å². The van der Waals surface area contributed by atoms with Gasteiger partial charge in [-0.2, -0.15) is 0 Å². The predicted octanol–water partition coefficient (Wildman–Crippen LogP) is 3.62. The summed E-state index contributed by atoms with van der Waals surface area (Å²) in [5, 5.41) is 0.351. The zero-order valence-electron chi connectivity index (χ0n) is 12.6. The predicted molar refractivity (Wildman–Crippen MR) is 92.1 cm³/mol. The van der Waals surface area contributed by atoms with E-state index in [2.05, 4.69) is 14.7 Å². The third-order valence-electron chi connectivity index (χ3n) is 3.33. The molecule has 0 spiro atoms. The van der Waals surface area contributed by atoms with Crippen molar-refractivity contribution in [1.29, 1.82) is 0 Å². The van der Waals surface area contributed by atoms with Crippen molar-refractivity contribution in [2.45, 2.75) is 18.7 Å². The van der Waals surface area contributed by atoms with Gasteiger partial charge in [0.25, 0.3) is 10.0 Å². The van der Waals surface area contributed by atoms with Gasteiger partial charge in [0.05, 0.1) is 15.5 Å². The quantitative estimate of drug-likeness (QED) is 0.784. The molecule has 118 valence electrons. The molecule has 1 aromatic carbocycles. The van der Waals surface area contributed by atoms with E-state index in [9.17, 15) is 8.42 Å². The van der Waals surface area contributed by atoms with E-state index in [0.29, 0.717) is 10.7 Å². The van der Waals surface area contributed by atoms with Gasteiger partial charge in [0.15, 0.2) is 5.13 Å². The van der Waals surface area contributed by atoms with E-state index in [-0.39, 0.29) is 4.90 Å². The zero-order chi connectivity index (χ0) is 16.4. The van der Waals surface area contributed by atoms with Gasteiger partial charge in [-0.3, -0.25) is 9.71 Å². The van der Waals surface area contributed by atoms with Crippen molar-refractivity contribution < 1.29 is 8.42 Å². The van der Waals surface area contributed by atoms with Gasteiger partial charge in [-0.1, -0.05) is 35.6 Å². The second-order valence-electron chi connectivity index (χ2n) is 5.05. The molecule has 3 rings (SSSR count). The molecule has 0 radical (unpaired) electrons. The Morgan fingerprint density at radius 3 is 2.57 bits per heavy atom. The van der Waals surface area contributed by atoms with E-state index >= 15 is 0 Å². The molecule has 0 saturated heterocycles. The van der Waals surface area contributed by atoms with Gasteiger partial charge in [-0.15, -0.1) is 0 Å². The molecule has 23 heavy (non-hydrogen) atoms. The summed E-state index contributed by atoms with van der Waals surface area (Å²) in [7, 11) is -3.65. The highest BCUT2D eigenvalue weighted by Crippen LogP contribution is 2.33. The molecule has 0 aliphatic carbocycles. The smallest absolute Gasteiger partial charge is 0.263 e. The Morgan fingerprint density at radius 1 is 1.09 bits per heavy atom. The van der Waals surface area contributed by atoms with Crippen LogP contribution < -0.4 is 4.72 Å². The Hall–Kier alpha value is -2.25. The number of pyridine rings is 1. The number of hydrogen-bond donors (Lipinski definition) is 1. The van der Waals surface area contributed by atoms with Gasteiger partial charge in [-0.25, -0.2) is 13.4 Å². The monoisotopic (exact) mass is 345 g/mol. The molecule has 0 saturated carbocycles. The maximum Gasteiger partial charge on any atom is 0.263 e. The molecule has 0 aliphatic heterocycles. The largest absolute Gasteiger partial charge is 0.264 e. The number of nitrogens with one attached hydrogen (secondary N) is 1. The third-order valence-corrected chi connectivity index (χ3v) is 6.08. The molecule has 0 unspecified atom stereocenters. The Kier molecular flexibility index (Phi) is 4.14. The van der Waals surface area contributed by atoms with Crippen molar-refractivity contribution in [2.24, 2.45) is 0 Å². The van der Waals surface area contributed by atoms with Crippen LogP contribution in [0.2, 0.25) is 0 Å². The van der Waals surface area contributed by atoms with Crippen molar-refractivity contribution >= 4 is 26.5 Å². The molecule has 2 aromatic heterocycles. The lowest BCUT2D eigenvalue weighted by molar-refractivity contribution is 0.600. The Morgan fingerprint density at radius 2 is 1.87 bits per heavy atom. The molecule has 0 aliphatic rings. The van der Waals surface area contributed by atoms with Crippen LogP contribution >= 0.6 is 11.3 Å². The average Bonchev–Trinajstić information content (AvgIpc) is 2.88. The van der Waals surface area contributed by atoms with Gasteiger partial charge < -0.3 is 0 Å². The molecule has 0 fully saturated rings. The SMILES string of the molecule is Cc1ccccc1S(=O)(=O)Nc1nc(C)c(-c2cccnc2)s1.